The van der Waals surface area contributed by atoms with Crippen LogP contribution in [0.2, 0.25) is 5.02 Å². The number of hydrogen-bond donors (Lipinski definition) is 2. The van der Waals surface area contributed by atoms with Gasteiger partial charge in [0.2, 0.25) is 17.7 Å². The van der Waals surface area contributed by atoms with E-state index < -0.39 is 17.6 Å². The highest BCUT2D eigenvalue weighted by atomic mass is 35.5. The average Bonchev–Trinajstić information content (AvgIpc) is 2.83. The number of nitrogens with zero attached hydrogens (tertiary/aromatic N) is 2. The van der Waals surface area contributed by atoms with Gasteiger partial charge in [0.25, 0.3) is 0 Å². The standard InChI is InChI=1S/C25H32ClF3N4O3/c1-15(34)32-6-4-17(5-7-32)18-2-3-22-21(10-18)24(36)33(14-31-22)13-23(35)30-12-16-8-19(25(27,28)29)11-20(26)9-16/h8-9,11,17-18,21-22,31H,2-7,10,12-14H2,1H3,(H,30,35). The molecule has 11 heteroatoms. The van der Waals surface area contributed by atoms with Crippen molar-refractivity contribution in [3.63, 3.8) is 0 Å². The lowest BCUT2D eigenvalue weighted by Crippen LogP contribution is -2.60. The lowest BCUT2D eigenvalue weighted by molar-refractivity contribution is -0.146. The highest BCUT2D eigenvalue weighted by Gasteiger charge is 2.43. The molecular formula is C25H32ClF3N4O3. The molecule has 0 radical (unpaired) electrons. The third-order valence-corrected chi connectivity index (χ3v) is 8.04. The van der Waals surface area contributed by atoms with Crippen molar-refractivity contribution >= 4 is 29.3 Å². The van der Waals surface area contributed by atoms with Gasteiger partial charge < -0.3 is 15.1 Å². The second kappa shape index (κ2) is 11.0. The fourth-order valence-corrected chi connectivity index (χ4v) is 6.11. The monoisotopic (exact) mass is 528 g/mol. The highest BCUT2D eigenvalue weighted by molar-refractivity contribution is 6.30. The predicted octanol–water partition coefficient (Wildman–Crippen LogP) is 3.41. The molecule has 2 aliphatic heterocycles. The van der Waals surface area contributed by atoms with Crippen molar-refractivity contribution in [2.24, 2.45) is 17.8 Å². The van der Waals surface area contributed by atoms with Gasteiger partial charge in [-0.2, -0.15) is 13.2 Å². The number of piperidine rings is 1. The number of likely N-dealkylation sites (tertiary alicyclic amines) is 1. The Bertz CT molecular complexity index is 997. The number of benzene rings is 1. The molecule has 2 heterocycles. The van der Waals surface area contributed by atoms with Crippen LogP contribution < -0.4 is 10.6 Å². The molecule has 2 saturated heterocycles. The average molecular weight is 529 g/mol. The summed E-state index contributed by atoms with van der Waals surface area (Å²) < 4.78 is 39.1. The highest BCUT2D eigenvalue weighted by Crippen LogP contribution is 2.40. The smallest absolute Gasteiger partial charge is 0.350 e. The number of carbonyl (C=O) groups is 3. The van der Waals surface area contributed by atoms with Crippen LogP contribution >= 0.6 is 11.6 Å². The van der Waals surface area contributed by atoms with Crippen molar-refractivity contribution in [3.8, 4) is 0 Å². The van der Waals surface area contributed by atoms with Crippen molar-refractivity contribution in [1.82, 2.24) is 20.4 Å². The maximum Gasteiger partial charge on any atom is 0.416 e. The van der Waals surface area contributed by atoms with Crippen LogP contribution in [0.25, 0.3) is 0 Å². The Hall–Kier alpha value is -2.33. The van der Waals surface area contributed by atoms with Crippen LogP contribution in [0.4, 0.5) is 13.2 Å². The number of rotatable bonds is 5. The third-order valence-electron chi connectivity index (χ3n) is 7.82. The second-order valence-corrected chi connectivity index (χ2v) is 10.6. The number of carbonyl (C=O) groups excluding carboxylic acids is 3. The minimum atomic E-state index is -4.53. The first-order valence-corrected chi connectivity index (χ1v) is 12.8. The van der Waals surface area contributed by atoms with E-state index in [1.54, 1.807) is 6.92 Å². The first-order valence-electron chi connectivity index (χ1n) is 12.4. The summed E-state index contributed by atoms with van der Waals surface area (Å²) in [6.45, 7) is 3.11. The topological polar surface area (TPSA) is 81.8 Å². The lowest BCUT2D eigenvalue weighted by atomic mass is 9.69. The number of amides is 3. The van der Waals surface area contributed by atoms with Crippen molar-refractivity contribution in [2.45, 2.75) is 57.8 Å². The Kier molecular flexibility index (Phi) is 8.14. The van der Waals surface area contributed by atoms with Crippen molar-refractivity contribution < 1.29 is 27.6 Å². The molecule has 1 saturated carbocycles. The molecule has 0 bridgehead atoms. The van der Waals surface area contributed by atoms with Gasteiger partial charge in [-0.1, -0.05) is 11.6 Å². The predicted molar refractivity (Wildman–Crippen MR) is 128 cm³/mol. The molecule has 4 rings (SSSR count). The minimum Gasteiger partial charge on any atom is -0.350 e. The van der Waals surface area contributed by atoms with E-state index in [1.807, 2.05) is 4.90 Å². The number of nitrogens with one attached hydrogen (secondary N) is 2. The van der Waals surface area contributed by atoms with Crippen LogP contribution in [-0.2, 0) is 27.1 Å². The SMILES string of the molecule is CC(=O)N1CCC(C2CCC3NCN(CC(=O)NCc4cc(Cl)cc(C(F)(F)F)c4)C(=O)C3C2)CC1. The van der Waals surface area contributed by atoms with Gasteiger partial charge in [-0.3, -0.25) is 19.7 Å². The summed E-state index contributed by atoms with van der Waals surface area (Å²) in [6, 6.07) is 3.26. The summed E-state index contributed by atoms with van der Waals surface area (Å²) in [5, 5.41) is 5.93. The van der Waals surface area contributed by atoms with Gasteiger partial charge in [0.15, 0.2) is 0 Å². The summed E-state index contributed by atoms with van der Waals surface area (Å²) in [7, 11) is 0. The number of fused-ring (bicyclic) bond motifs is 1. The molecule has 1 aromatic rings. The fourth-order valence-electron chi connectivity index (χ4n) is 5.85. The molecule has 3 unspecified atom stereocenters. The Morgan fingerprint density at radius 2 is 1.83 bits per heavy atom. The van der Waals surface area contributed by atoms with Gasteiger partial charge in [-0.25, -0.2) is 0 Å². The molecule has 1 aliphatic carbocycles. The van der Waals surface area contributed by atoms with Crippen LogP contribution in [0.5, 0.6) is 0 Å². The quantitative estimate of drug-likeness (QED) is 0.614. The number of hydrogen-bond acceptors (Lipinski definition) is 4. The van der Waals surface area contributed by atoms with E-state index >= 15 is 0 Å². The molecule has 198 valence electrons. The van der Waals surface area contributed by atoms with Gasteiger partial charge in [0, 0.05) is 37.6 Å². The van der Waals surface area contributed by atoms with Crippen molar-refractivity contribution in [2.75, 3.05) is 26.3 Å². The maximum absolute atomic E-state index is 13.2. The zero-order chi connectivity index (χ0) is 26.0. The van der Waals surface area contributed by atoms with E-state index in [1.165, 1.54) is 11.0 Å². The molecule has 7 nitrogen and oxygen atoms in total. The molecule has 36 heavy (non-hydrogen) atoms. The van der Waals surface area contributed by atoms with E-state index in [9.17, 15) is 27.6 Å². The second-order valence-electron chi connectivity index (χ2n) is 10.2. The molecule has 3 atom stereocenters. The van der Waals surface area contributed by atoms with E-state index in [0.29, 0.717) is 11.8 Å². The van der Waals surface area contributed by atoms with Gasteiger partial charge in [-0.05, 0) is 67.7 Å². The molecule has 1 aromatic carbocycles. The van der Waals surface area contributed by atoms with Gasteiger partial charge in [-0.15, -0.1) is 0 Å². The number of alkyl halides is 3. The molecule has 3 fully saturated rings. The molecular weight excluding hydrogens is 497 g/mol. The normalized spacial score (nSPS) is 25.5. The van der Waals surface area contributed by atoms with Crippen LogP contribution in [0.1, 0.15) is 50.2 Å². The molecule has 3 amide bonds. The van der Waals surface area contributed by atoms with Crippen LogP contribution in [0.3, 0.4) is 0 Å². The third kappa shape index (κ3) is 6.32. The first kappa shape index (κ1) is 26.7. The van der Waals surface area contributed by atoms with E-state index in [0.717, 1.165) is 57.3 Å². The van der Waals surface area contributed by atoms with Crippen LogP contribution in [0, 0.1) is 17.8 Å². The Labute approximate surface area is 213 Å². The number of halogens is 4. The molecule has 0 aromatic heterocycles. The summed E-state index contributed by atoms with van der Waals surface area (Å²) in [6.07, 6.45) is 0.0941. The van der Waals surface area contributed by atoms with Gasteiger partial charge in [0.05, 0.1) is 18.2 Å². The minimum absolute atomic E-state index is 0.0538. The zero-order valence-electron chi connectivity index (χ0n) is 20.2. The van der Waals surface area contributed by atoms with Crippen molar-refractivity contribution in [3.05, 3.63) is 34.3 Å². The summed E-state index contributed by atoms with van der Waals surface area (Å²) >= 11 is 5.81. The van der Waals surface area contributed by atoms with E-state index in [2.05, 4.69) is 10.6 Å². The summed E-state index contributed by atoms with van der Waals surface area (Å²) in [5.41, 5.74) is -0.642. The summed E-state index contributed by atoms with van der Waals surface area (Å²) in [4.78, 5) is 40.8. The lowest BCUT2D eigenvalue weighted by Gasteiger charge is -2.46. The Morgan fingerprint density at radius 1 is 1.11 bits per heavy atom. The van der Waals surface area contributed by atoms with Crippen LogP contribution in [-0.4, -0.2) is 59.9 Å². The van der Waals surface area contributed by atoms with E-state index in [-0.39, 0.29) is 54.1 Å². The van der Waals surface area contributed by atoms with Crippen molar-refractivity contribution in [1.29, 1.82) is 0 Å². The largest absolute Gasteiger partial charge is 0.416 e. The summed E-state index contributed by atoms with van der Waals surface area (Å²) in [5.74, 6) is 0.327. The van der Waals surface area contributed by atoms with Gasteiger partial charge >= 0.3 is 6.18 Å². The molecule has 0 spiro atoms. The van der Waals surface area contributed by atoms with Crippen LogP contribution in [0.15, 0.2) is 18.2 Å². The zero-order valence-corrected chi connectivity index (χ0v) is 21.0. The first-order chi connectivity index (χ1) is 17.0. The maximum atomic E-state index is 13.2. The Balaban J connectivity index is 1.30. The van der Waals surface area contributed by atoms with Gasteiger partial charge in [0.1, 0.15) is 6.54 Å². The molecule has 2 N–H and O–H groups in total. The van der Waals surface area contributed by atoms with E-state index in [4.69, 9.17) is 11.6 Å². The fraction of sp³-hybridized carbons (Fsp3) is 0.640. The Morgan fingerprint density at radius 3 is 2.50 bits per heavy atom. The molecule has 3 aliphatic rings.